The van der Waals surface area contributed by atoms with Gasteiger partial charge in [-0.2, -0.15) is 0 Å². The number of methoxy groups -OCH3 is 1. The lowest BCUT2D eigenvalue weighted by Crippen LogP contribution is -2.13. The predicted molar refractivity (Wildman–Crippen MR) is 66.2 cm³/mol. The van der Waals surface area contributed by atoms with Crippen LogP contribution in [0, 0.1) is 6.92 Å². The van der Waals surface area contributed by atoms with Gasteiger partial charge in [0, 0.05) is 23.6 Å². The molecule has 1 heterocycles. The number of aromatic nitrogens is 1. The van der Waals surface area contributed by atoms with Crippen LogP contribution in [0.15, 0.2) is 18.2 Å². The summed E-state index contributed by atoms with van der Waals surface area (Å²) < 4.78 is 6.90. The average Bonchev–Trinajstić information content (AvgIpc) is 2.60. The number of carbonyl (C=O) groups excluding carboxylic acids is 1. The number of carbonyl (C=O) groups is 2. The third-order valence-corrected chi connectivity index (χ3v) is 3.12. The van der Waals surface area contributed by atoms with E-state index in [1.165, 1.54) is 7.11 Å². The van der Waals surface area contributed by atoms with E-state index < -0.39 is 11.8 Å². The van der Waals surface area contributed by atoms with E-state index in [1.54, 1.807) is 36.7 Å². The van der Waals surface area contributed by atoms with Crippen molar-refractivity contribution in [1.29, 1.82) is 0 Å². The number of hydrogen-bond donors (Lipinski definition) is 1. The summed E-state index contributed by atoms with van der Waals surface area (Å²) in [5, 5.41) is 9.46. The smallest absolute Gasteiger partial charge is 0.377 e. The monoisotopic (exact) mass is 247 g/mol. The molecule has 0 aliphatic carbocycles. The van der Waals surface area contributed by atoms with Gasteiger partial charge in [0.15, 0.2) is 0 Å². The van der Waals surface area contributed by atoms with Crippen molar-refractivity contribution in [3.05, 3.63) is 29.5 Å². The van der Waals surface area contributed by atoms with Gasteiger partial charge in [-0.3, -0.25) is 4.79 Å². The van der Waals surface area contributed by atoms with Crippen LogP contribution in [0.25, 0.3) is 10.9 Å². The molecule has 0 aliphatic rings. The zero-order valence-electron chi connectivity index (χ0n) is 10.4. The Balaban J connectivity index is 2.82. The van der Waals surface area contributed by atoms with Gasteiger partial charge in [0.2, 0.25) is 0 Å². The van der Waals surface area contributed by atoms with Gasteiger partial charge in [-0.15, -0.1) is 0 Å². The first-order valence-electron chi connectivity index (χ1n) is 5.38. The molecule has 94 valence electrons. The van der Waals surface area contributed by atoms with E-state index in [0.717, 1.165) is 5.52 Å². The molecule has 1 aromatic carbocycles. The number of nitrogens with zero attached hydrogens (tertiary/aromatic N) is 1. The SMILES string of the molecule is COc1ccc2c(c1)c(C(=O)C(=O)O)c(C)n2C. The summed E-state index contributed by atoms with van der Waals surface area (Å²) in [7, 11) is 3.32. The van der Waals surface area contributed by atoms with E-state index in [1.807, 2.05) is 0 Å². The first kappa shape index (κ1) is 12.2. The first-order valence-corrected chi connectivity index (χ1v) is 5.38. The van der Waals surface area contributed by atoms with E-state index >= 15 is 0 Å². The largest absolute Gasteiger partial charge is 0.497 e. The van der Waals surface area contributed by atoms with E-state index in [0.29, 0.717) is 16.8 Å². The second kappa shape index (κ2) is 4.18. The Bertz CT molecular complexity index is 655. The molecule has 0 fully saturated rings. The van der Waals surface area contributed by atoms with E-state index in [9.17, 15) is 9.59 Å². The lowest BCUT2D eigenvalue weighted by molar-refractivity contribution is -0.131. The van der Waals surface area contributed by atoms with Gasteiger partial charge in [0.1, 0.15) is 5.75 Å². The van der Waals surface area contributed by atoms with Crippen molar-refractivity contribution in [1.82, 2.24) is 4.57 Å². The molecule has 1 aromatic heterocycles. The number of hydrogen-bond acceptors (Lipinski definition) is 3. The lowest BCUT2D eigenvalue weighted by Gasteiger charge is -2.00. The fourth-order valence-electron chi connectivity index (χ4n) is 2.07. The summed E-state index contributed by atoms with van der Waals surface area (Å²) in [6, 6.07) is 5.26. The van der Waals surface area contributed by atoms with Crippen molar-refractivity contribution < 1.29 is 19.4 Å². The number of aliphatic carboxylic acids is 1. The van der Waals surface area contributed by atoms with Crippen LogP contribution in [0.4, 0.5) is 0 Å². The van der Waals surface area contributed by atoms with Crippen LogP contribution in [0.1, 0.15) is 16.1 Å². The van der Waals surface area contributed by atoms with Crippen molar-refractivity contribution >= 4 is 22.7 Å². The van der Waals surface area contributed by atoms with Crippen molar-refractivity contribution in [2.45, 2.75) is 6.92 Å². The first-order chi connectivity index (χ1) is 8.47. The van der Waals surface area contributed by atoms with Crippen LogP contribution in [-0.4, -0.2) is 28.5 Å². The minimum Gasteiger partial charge on any atom is -0.497 e. The molecule has 0 atom stereocenters. The molecule has 2 aromatic rings. The summed E-state index contributed by atoms with van der Waals surface area (Å²) in [6.45, 7) is 1.72. The van der Waals surface area contributed by atoms with Crippen LogP contribution in [0.5, 0.6) is 5.75 Å². The molecule has 0 radical (unpaired) electrons. The third-order valence-electron chi connectivity index (χ3n) is 3.12. The van der Waals surface area contributed by atoms with E-state index in [4.69, 9.17) is 9.84 Å². The third kappa shape index (κ3) is 1.64. The molecule has 2 rings (SSSR count). The van der Waals surface area contributed by atoms with Crippen LogP contribution in [-0.2, 0) is 11.8 Å². The highest BCUT2D eigenvalue weighted by Gasteiger charge is 2.23. The number of ketones is 1. The molecule has 0 amide bonds. The molecule has 0 saturated carbocycles. The Kier molecular flexibility index (Phi) is 2.82. The number of carboxylic acids is 1. The van der Waals surface area contributed by atoms with E-state index in [-0.39, 0.29) is 5.56 Å². The van der Waals surface area contributed by atoms with Crippen LogP contribution < -0.4 is 4.74 Å². The number of rotatable bonds is 3. The summed E-state index contributed by atoms with van der Waals surface area (Å²) in [5.74, 6) is -1.76. The highest BCUT2D eigenvalue weighted by Crippen LogP contribution is 2.28. The summed E-state index contributed by atoms with van der Waals surface area (Å²) in [4.78, 5) is 22.6. The van der Waals surface area contributed by atoms with Gasteiger partial charge in [0.25, 0.3) is 5.78 Å². The standard InChI is InChI=1S/C13H13NO4/c1-7-11(12(15)13(16)17)9-6-8(18-3)4-5-10(9)14(7)2/h4-6H,1-3H3,(H,16,17). The number of carboxylic acid groups (broad SMARTS) is 1. The number of aryl methyl sites for hydroxylation is 1. The number of ether oxygens (including phenoxy) is 1. The van der Waals surface area contributed by atoms with Gasteiger partial charge in [-0.05, 0) is 25.1 Å². The van der Waals surface area contributed by atoms with E-state index in [2.05, 4.69) is 0 Å². The van der Waals surface area contributed by atoms with Crippen LogP contribution >= 0.6 is 0 Å². The van der Waals surface area contributed by atoms with Gasteiger partial charge < -0.3 is 14.4 Å². The number of fused-ring (bicyclic) bond motifs is 1. The number of Topliss-reactive ketones (excluding diaryl/α,β-unsaturated/α-hetero) is 1. The molecule has 18 heavy (non-hydrogen) atoms. The fourth-order valence-corrected chi connectivity index (χ4v) is 2.07. The van der Waals surface area contributed by atoms with Gasteiger partial charge in [0.05, 0.1) is 12.7 Å². The minimum absolute atomic E-state index is 0.221. The van der Waals surface area contributed by atoms with Crippen LogP contribution in [0.2, 0.25) is 0 Å². The van der Waals surface area contributed by atoms with Crippen molar-refractivity contribution in [2.24, 2.45) is 7.05 Å². The fraction of sp³-hybridized carbons (Fsp3) is 0.231. The molecule has 0 aliphatic heterocycles. The maximum absolute atomic E-state index is 11.7. The molecule has 1 N–H and O–H groups in total. The Morgan fingerprint density at radius 1 is 1.33 bits per heavy atom. The zero-order chi connectivity index (χ0) is 13.4. The molecule has 0 saturated heterocycles. The number of benzene rings is 1. The lowest BCUT2D eigenvalue weighted by atomic mass is 10.1. The second-order valence-corrected chi connectivity index (χ2v) is 4.04. The predicted octanol–water partition coefficient (Wildman–Crippen LogP) is 1.76. The van der Waals surface area contributed by atoms with Crippen molar-refractivity contribution in [3.63, 3.8) is 0 Å². The maximum atomic E-state index is 11.7. The highest BCUT2D eigenvalue weighted by atomic mass is 16.5. The Morgan fingerprint density at radius 2 is 2.00 bits per heavy atom. The molecular formula is C13H13NO4. The van der Waals surface area contributed by atoms with Crippen LogP contribution in [0.3, 0.4) is 0 Å². The second-order valence-electron chi connectivity index (χ2n) is 4.04. The van der Waals surface area contributed by atoms with Gasteiger partial charge in [-0.25, -0.2) is 4.79 Å². The summed E-state index contributed by atoms with van der Waals surface area (Å²) in [6.07, 6.45) is 0. The molecule has 0 unspecified atom stereocenters. The molecule has 5 heteroatoms. The minimum atomic E-state index is -1.45. The topological polar surface area (TPSA) is 68.5 Å². The molecule has 0 spiro atoms. The maximum Gasteiger partial charge on any atom is 0.377 e. The van der Waals surface area contributed by atoms with Gasteiger partial charge >= 0.3 is 5.97 Å². The Morgan fingerprint density at radius 3 is 2.56 bits per heavy atom. The molecular weight excluding hydrogens is 234 g/mol. The summed E-state index contributed by atoms with van der Waals surface area (Å²) >= 11 is 0. The molecule has 5 nitrogen and oxygen atoms in total. The van der Waals surface area contributed by atoms with Crippen molar-refractivity contribution in [2.75, 3.05) is 7.11 Å². The quantitative estimate of drug-likeness (QED) is 0.663. The Labute approximate surface area is 104 Å². The average molecular weight is 247 g/mol. The van der Waals surface area contributed by atoms with Crippen molar-refractivity contribution in [3.8, 4) is 5.75 Å². The highest BCUT2D eigenvalue weighted by molar-refractivity contribution is 6.42. The normalized spacial score (nSPS) is 10.6. The summed E-state index contributed by atoms with van der Waals surface area (Å²) in [5.41, 5.74) is 1.66. The van der Waals surface area contributed by atoms with Gasteiger partial charge in [-0.1, -0.05) is 0 Å². The Hall–Kier alpha value is -2.30. The molecule has 0 bridgehead atoms. The zero-order valence-corrected chi connectivity index (χ0v) is 10.4.